The average Bonchev–Trinajstić information content (AvgIpc) is 2.25. The maximum absolute atomic E-state index is 12.6. The molecule has 87 heavy (non-hydrogen) atoms. The van der Waals surface area contributed by atoms with Crippen LogP contribution in [0.15, 0.2) is 182 Å². The van der Waals surface area contributed by atoms with Crippen LogP contribution in [-0.4, -0.2) is 78.4 Å². The Hall–Kier alpha value is -10.3. The number of nitrogens with zero attached hydrogens (tertiary/aromatic N) is 9. The fraction of sp³-hybridized carbons (Fsp3) is 0.108. The van der Waals surface area contributed by atoms with Crippen LogP contribution < -0.4 is 22.1 Å². The van der Waals surface area contributed by atoms with Gasteiger partial charge in [0.05, 0.1) is 20.6 Å². The minimum absolute atomic E-state index is 0.253. The van der Waals surface area contributed by atoms with Gasteiger partial charge in [-0.05, 0) is 201 Å². The molecule has 0 saturated carbocycles. The number of fused-ring (bicyclic) bond motifs is 3. The highest BCUT2D eigenvalue weighted by Crippen LogP contribution is 2.34. The van der Waals surface area contributed by atoms with E-state index >= 15 is 0 Å². The predicted molar refractivity (Wildman–Crippen MR) is 336 cm³/mol. The van der Waals surface area contributed by atoms with Gasteiger partial charge in [0.25, 0.3) is 11.8 Å². The molecule has 6 aromatic heterocycles. The fourth-order valence-corrected chi connectivity index (χ4v) is 10.1. The van der Waals surface area contributed by atoms with Crippen molar-refractivity contribution in [2.24, 2.45) is 5.84 Å². The van der Waals surface area contributed by atoms with Gasteiger partial charge in [0, 0.05) is 46.4 Å². The molecule has 0 bridgehead atoms. The number of aromatic carboxylic acids is 1. The van der Waals surface area contributed by atoms with Crippen LogP contribution in [-0.2, 0) is 4.74 Å². The van der Waals surface area contributed by atoms with Gasteiger partial charge in [-0.3, -0.25) is 33.6 Å². The van der Waals surface area contributed by atoms with Gasteiger partial charge in [0.2, 0.25) is 0 Å². The van der Waals surface area contributed by atoms with Crippen molar-refractivity contribution in [3.8, 4) is 67.5 Å². The van der Waals surface area contributed by atoms with Crippen molar-refractivity contribution in [1.82, 2.24) is 60.1 Å². The van der Waals surface area contributed by atoms with Gasteiger partial charge in [-0.1, -0.05) is 89.4 Å². The van der Waals surface area contributed by atoms with Gasteiger partial charge in [0.15, 0.2) is 34.4 Å². The van der Waals surface area contributed by atoms with Crippen molar-refractivity contribution >= 4 is 75.6 Å². The SMILES string of the molecule is Cc1ccc(C(=O)NN)cc1-c1ccn2c(-c3ccccc3Cl)nnc2c1.Cc1ccc(C(=O)NNC(=O)OC(C)(C)C)cc1-c1ccn2c(-c3ccccc3Cl)nnc2c1.Cc1ccc(C(=O)O)cc1-c1ccn2c(-c3ccccc3Cl)nnc2c1. The maximum atomic E-state index is 12.6. The van der Waals surface area contributed by atoms with Gasteiger partial charge in [-0.15, -0.1) is 30.6 Å². The number of pyridine rings is 3. The number of carbonyl (C=O) groups is 4. The Morgan fingerprint density at radius 1 is 0.448 bits per heavy atom. The molecule has 0 radical (unpaired) electrons. The summed E-state index contributed by atoms with van der Waals surface area (Å²) in [5, 5.41) is 36.7. The quantitative estimate of drug-likeness (QED) is 0.0513. The number of aromatic nitrogens is 9. The van der Waals surface area contributed by atoms with Crippen LogP contribution in [0.2, 0.25) is 15.1 Å². The molecule has 19 nitrogen and oxygen atoms in total. The number of nitrogens with one attached hydrogen (secondary N) is 3. The number of nitrogen functional groups attached to an aromatic ring is 1. The van der Waals surface area contributed by atoms with E-state index < -0.39 is 23.6 Å². The molecule has 0 unspecified atom stereocenters. The maximum Gasteiger partial charge on any atom is 0.426 e. The predicted octanol–water partition coefficient (Wildman–Crippen LogP) is 13.5. The number of carboxylic acids is 1. The first-order valence-corrected chi connectivity index (χ1v) is 28.0. The number of carbonyl (C=O) groups excluding carboxylic acids is 3. The number of rotatable bonds is 9. The second-order valence-electron chi connectivity index (χ2n) is 20.9. The lowest BCUT2D eigenvalue weighted by molar-refractivity contribution is 0.0483. The lowest BCUT2D eigenvalue weighted by Gasteiger charge is -2.19. The molecule has 0 atom stereocenters. The van der Waals surface area contributed by atoms with Crippen LogP contribution in [0.25, 0.3) is 84.5 Å². The van der Waals surface area contributed by atoms with Crippen LogP contribution >= 0.6 is 34.8 Å². The number of ether oxygens (including phenoxy) is 1. The molecule has 0 aliphatic rings. The molecule has 3 amide bonds. The first-order valence-electron chi connectivity index (χ1n) is 26.9. The molecule has 12 aromatic rings. The lowest BCUT2D eigenvalue weighted by atomic mass is 9.98. The highest BCUT2D eigenvalue weighted by molar-refractivity contribution is 6.34. The Morgan fingerprint density at radius 3 is 1.14 bits per heavy atom. The number of halogens is 3. The molecular weight excluding hydrogens is 1170 g/mol. The number of carboxylic acid groups (broad SMARTS) is 1. The summed E-state index contributed by atoms with van der Waals surface area (Å²) in [7, 11) is 0. The van der Waals surface area contributed by atoms with Crippen molar-refractivity contribution in [3.63, 3.8) is 0 Å². The highest BCUT2D eigenvalue weighted by atomic mass is 35.5. The third-order valence-corrected chi connectivity index (χ3v) is 14.8. The van der Waals surface area contributed by atoms with Gasteiger partial charge >= 0.3 is 12.1 Å². The largest absolute Gasteiger partial charge is 0.478 e. The minimum Gasteiger partial charge on any atom is -0.478 e. The molecule has 0 fully saturated rings. The summed E-state index contributed by atoms with van der Waals surface area (Å²) >= 11 is 18.9. The number of amides is 3. The Balaban J connectivity index is 0.000000146. The Morgan fingerprint density at radius 2 is 0.793 bits per heavy atom. The molecule has 436 valence electrons. The minimum atomic E-state index is -0.948. The number of hydrogen-bond donors (Lipinski definition) is 5. The van der Waals surface area contributed by atoms with Gasteiger partial charge in [-0.2, -0.15) is 0 Å². The first kappa shape index (κ1) is 59.8. The first-order chi connectivity index (χ1) is 41.7. The van der Waals surface area contributed by atoms with Gasteiger partial charge in [0.1, 0.15) is 5.60 Å². The molecule has 0 aliphatic carbocycles. The normalized spacial score (nSPS) is 11.1. The molecule has 12 rings (SSSR count). The molecule has 22 heteroatoms. The smallest absolute Gasteiger partial charge is 0.426 e. The van der Waals surface area contributed by atoms with E-state index in [1.165, 1.54) is 0 Å². The van der Waals surface area contributed by atoms with E-state index in [0.717, 1.165) is 66.8 Å². The van der Waals surface area contributed by atoms with Crippen molar-refractivity contribution in [1.29, 1.82) is 0 Å². The monoisotopic (exact) mass is 1220 g/mol. The number of nitrogens with two attached hydrogens (primary N) is 1. The van der Waals surface area contributed by atoms with Crippen LogP contribution in [0.3, 0.4) is 0 Å². The Kier molecular flexibility index (Phi) is 17.5. The standard InChI is InChI=1S/C25H24ClN5O3.C20H16ClN5O.C20H14ClN3O2/c1-15-9-10-17(23(32)29-30-24(33)34-25(2,3)4)13-19(15)16-11-12-31-21(14-16)27-28-22(31)18-7-5-6-8-20(18)26;1-12-6-7-14(20(27)23-22)10-16(12)13-8-9-26-18(11-13)24-25-19(26)15-4-2-3-5-17(15)21;1-12-6-7-14(20(25)26)10-16(12)13-8-9-24-18(11-13)22-23-19(24)15-4-2-3-5-17(15)21/h5-14H,1-4H3,(H,29,32)(H,30,33);2-11H,22H2,1H3,(H,23,27);2-11H,1H3,(H,25,26). The van der Waals surface area contributed by atoms with E-state index in [1.807, 2.05) is 186 Å². The zero-order valence-corrected chi connectivity index (χ0v) is 49.8. The topological polar surface area (TPSA) is 250 Å². The van der Waals surface area contributed by atoms with Gasteiger partial charge in [-0.25, -0.2) is 20.9 Å². The van der Waals surface area contributed by atoms with E-state index in [0.29, 0.717) is 60.6 Å². The molecule has 6 N–H and O–H groups in total. The fourth-order valence-electron chi connectivity index (χ4n) is 9.44. The van der Waals surface area contributed by atoms with E-state index in [-0.39, 0.29) is 11.5 Å². The third kappa shape index (κ3) is 13.3. The van der Waals surface area contributed by atoms with Crippen molar-refractivity contribution < 1.29 is 29.0 Å². The zero-order valence-electron chi connectivity index (χ0n) is 47.5. The van der Waals surface area contributed by atoms with E-state index in [2.05, 4.69) is 46.9 Å². The van der Waals surface area contributed by atoms with E-state index in [1.54, 1.807) is 51.1 Å². The van der Waals surface area contributed by atoms with Gasteiger partial charge < -0.3 is 9.84 Å². The van der Waals surface area contributed by atoms with Crippen molar-refractivity contribution in [3.05, 3.63) is 231 Å². The number of benzene rings is 6. The van der Waals surface area contributed by atoms with E-state index in [9.17, 15) is 24.3 Å². The third-order valence-electron chi connectivity index (χ3n) is 13.8. The van der Waals surface area contributed by atoms with E-state index in [4.69, 9.17) is 45.4 Å². The molecule has 0 saturated heterocycles. The summed E-state index contributed by atoms with van der Waals surface area (Å²) < 4.78 is 10.7. The summed E-state index contributed by atoms with van der Waals surface area (Å²) in [6, 6.07) is 49.8. The van der Waals surface area contributed by atoms with Crippen molar-refractivity contribution in [2.75, 3.05) is 0 Å². The van der Waals surface area contributed by atoms with Crippen LogP contribution in [0.5, 0.6) is 0 Å². The molecule has 0 aliphatic heterocycles. The summed E-state index contributed by atoms with van der Waals surface area (Å²) in [5.41, 5.74) is 20.0. The molecule has 6 heterocycles. The summed E-state index contributed by atoms with van der Waals surface area (Å²) in [6.07, 6.45) is 4.91. The number of hydrogen-bond acceptors (Lipinski definition) is 12. The number of hydrazine groups is 2. The summed E-state index contributed by atoms with van der Waals surface area (Å²) in [5.74, 6) is 5.48. The van der Waals surface area contributed by atoms with Crippen LogP contribution in [0.4, 0.5) is 4.79 Å². The number of aryl methyl sites for hydroxylation is 3. The summed E-state index contributed by atoms with van der Waals surface area (Å²) in [6.45, 7) is 11.1. The average molecular weight is 1220 g/mol. The Labute approximate surface area is 513 Å². The molecule has 6 aromatic carbocycles. The highest BCUT2D eigenvalue weighted by Gasteiger charge is 2.20. The second-order valence-corrected chi connectivity index (χ2v) is 22.1. The second kappa shape index (κ2) is 25.5. The lowest BCUT2D eigenvalue weighted by Crippen LogP contribution is -2.44. The molecule has 0 spiro atoms. The molecular formula is C65H54Cl3N13O6. The zero-order chi connectivity index (χ0) is 61.7. The van der Waals surface area contributed by atoms with Crippen LogP contribution in [0, 0.1) is 20.8 Å². The van der Waals surface area contributed by atoms with Crippen molar-refractivity contribution in [2.45, 2.75) is 47.1 Å². The summed E-state index contributed by atoms with van der Waals surface area (Å²) in [4.78, 5) is 47.5. The van der Waals surface area contributed by atoms with Crippen LogP contribution in [0.1, 0.15) is 68.5 Å². The Bertz CT molecular complexity index is 4630.